The fourth-order valence-corrected chi connectivity index (χ4v) is 2.93. The highest BCUT2D eigenvalue weighted by atomic mass is 16.7. The maximum absolute atomic E-state index is 11.7. The Morgan fingerprint density at radius 3 is 2.62 bits per heavy atom. The summed E-state index contributed by atoms with van der Waals surface area (Å²) in [6, 6.07) is 4.76. The average Bonchev–Trinajstić information content (AvgIpc) is 2.95. The normalized spacial score (nSPS) is 20.4. The fraction of sp³-hybridized carbons (Fsp3) is 0.533. The smallest absolute Gasteiger partial charge is 0.325 e. The molecule has 1 aromatic rings. The third-order valence-corrected chi connectivity index (χ3v) is 4.17. The van der Waals surface area contributed by atoms with Crippen LogP contribution in [-0.4, -0.2) is 60.4 Å². The van der Waals surface area contributed by atoms with Gasteiger partial charge in [-0.2, -0.15) is 0 Å². The number of carbonyl (C=O) groups is 1. The summed E-state index contributed by atoms with van der Waals surface area (Å²) < 4.78 is 10.6. The topological polar surface area (TPSA) is 62.2 Å². The lowest BCUT2D eigenvalue weighted by atomic mass is 10.0. The molecule has 1 saturated heterocycles. The monoisotopic (exact) mass is 292 g/mol. The molecule has 2 aliphatic heterocycles. The Balaban J connectivity index is 1.80. The van der Waals surface area contributed by atoms with E-state index >= 15 is 0 Å². The summed E-state index contributed by atoms with van der Waals surface area (Å²) in [5, 5.41) is 9.62. The Labute approximate surface area is 123 Å². The van der Waals surface area contributed by atoms with Gasteiger partial charge in [0.15, 0.2) is 11.5 Å². The summed E-state index contributed by atoms with van der Waals surface area (Å²) in [6.45, 7) is 6.68. The van der Waals surface area contributed by atoms with Gasteiger partial charge in [-0.3, -0.25) is 9.69 Å². The van der Waals surface area contributed by atoms with Gasteiger partial charge in [-0.1, -0.05) is 13.0 Å². The molecular weight excluding hydrogens is 272 g/mol. The number of carboxylic acid groups (broad SMARTS) is 1. The number of aliphatic carboxylic acids is 1. The van der Waals surface area contributed by atoms with E-state index in [0.717, 1.165) is 38.3 Å². The SMILES string of the molecule is CCN1CCN(C(C(=O)O)c2ccc3c(c2)OCO3)CC1. The van der Waals surface area contributed by atoms with Crippen molar-refractivity contribution in [1.82, 2.24) is 9.80 Å². The van der Waals surface area contributed by atoms with Gasteiger partial charge >= 0.3 is 5.97 Å². The van der Waals surface area contributed by atoms with Crippen LogP contribution in [0.1, 0.15) is 18.5 Å². The van der Waals surface area contributed by atoms with Crippen molar-refractivity contribution >= 4 is 5.97 Å². The zero-order valence-corrected chi connectivity index (χ0v) is 12.1. The Kier molecular flexibility index (Phi) is 3.98. The van der Waals surface area contributed by atoms with Crippen LogP contribution < -0.4 is 9.47 Å². The first-order chi connectivity index (χ1) is 10.2. The zero-order chi connectivity index (χ0) is 14.8. The second kappa shape index (κ2) is 5.91. The molecule has 114 valence electrons. The first-order valence-electron chi connectivity index (χ1n) is 7.28. The van der Waals surface area contributed by atoms with Crippen LogP contribution >= 0.6 is 0 Å². The molecule has 0 aromatic heterocycles. The third kappa shape index (κ3) is 2.82. The second-order valence-corrected chi connectivity index (χ2v) is 5.32. The number of piperazine rings is 1. The van der Waals surface area contributed by atoms with E-state index in [1.165, 1.54) is 0 Å². The maximum Gasteiger partial charge on any atom is 0.325 e. The number of carboxylic acids is 1. The van der Waals surface area contributed by atoms with Crippen molar-refractivity contribution in [1.29, 1.82) is 0 Å². The van der Waals surface area contributed by atoms with E-state index in [9.17, 15) is 9.90 Å². The minimum atomic E-state index is -0.821. The predicted octanol–water partition coefficient (Wildman–Crippen LogP) is 1.18. The molecule has 1 aromatic carbocycles. The van der Waals surface area contributed by atoms with Gasteiger partial charge in [-0.05, 0) is 24.2 Å². The predicted molar refractivity (Wildman–Crippen MR) is 76.6 cm³/mol. The Hall–Kier alpha value is -1.79. The molecule has 1 unspecified atom stereocenters. The lowest BCUT2D eigenvalue weighted by Crippen LogP contribution is -2.49. The molecule has 2 heterocycles. The molecule has 6 nitrogen and oxygen atoms in total. The fourth-order valence-electron chi connectivity index (χ4n) is 2.93. The molecule has 21 heavy (non-hydrogen) atoms. The van der Waals surface area contributed by atoms with E-state index < -0.39 is 12.0 Å². The largest absolute Gasteiger partial charge is 0.480 e. The van der Waals surface area contributed by atoms with Gasteiger partial charge < -0.3 is 19.5 Å². The van der Waals surface area contributed by atoms with Gasteiger partial charge in [0.1, 0.15) is 6.04 Å². The van der Waals surface area contributed by atoms with Gasteiger partial charge in [0, 0.05) is 26.2 Å². The number of rotatable bonds is 4. The minimum absolute atomic E-state index is 0.200. The van der Waals surface area contributed by atoms with Crippen LogP contribution in [0, 0.1) is 0 Å². The van der Waals surface area contributed by atoms with Crippen LogP contribution in [-0.2, 0) is 4.79 Å². The highest BCUT2D eigenvalue weighted by molar-refractivity contribution is 5.76. The van der Waals surface area contributed by atoms with Gasteiger partial charge in [0.2, 0.25) is 6.79 Å². The van der Waals surface area contributed by atoms with Crippen LogP contribution in [0.3, 0.4) is 0 Å². The Morgan fingerprint density at radius 2 is 1.95 bits per heavy atom. The molecule has 1 fully saturated rings. The van der Waals surface area contributed by atoms with Gasteiger partial charge in [-0.25, -0.2) is 0 Å². The van der Waals surface area contributed by atoms with Crippen LogP contribution in [0.25, 0.3) is 0 Å². The molecule has 0 saturated carbocycles. The molecule has 0 amide bonds. The molecule has 0 bridgehead atoms. The zero-order valence-electron chi connectivity index (χ0n) is 12.1. The summed E-state index contributed by atoms with van der Waals surface area (Å²) in [4.78, 5) is 16.1. The highest BCUT2D eigenvalue weighted by Gasteiger charge is 2.31. The Bertz CT molecular complexity index is 526. The highest BCUT2D eigenvalue weighted by Crippen LogP contribution is 2.35. The van der Waals surface area contributed by atoms with Crippen LogP contribution in [0.5, 0.6) is 11.5 Å². The number of hydrogen-bond acceptors (Lipinski definition) is 5. The summed E-state index contributed by atoms with van der Waals surface area (Å²) in [5.41, 5.74) is 0.747. The molecule has 1 N–H and O–H groups in total. The van der Waals surface area contributed by atoms with Crippen molar-refractivity contribution in [2.75, 3.05) is 39.5 Å². The molecule has 0 spiro atoms. The molecular formula is C15H20N2O4. The summed E-state index contributed by atoms with van der Waals surface area (Å²) in [5.74, 6) is 0.489. The average molecular weight is 292 g/mol. The second-order valence-electron chi connectivity index (χ2n) is 5.32. The summed E-state index contributed by atoms with van der Waals surface area (Å²) in [6.07, 6.45) is 0. The van der Waals surface area contributed by atoms with Crippen molar-refractivity contribution in [2.45, 2.75) is 13.0 Å². The van der Waals surface area contributed by atoms with Gasteiger partial charge in [0.25, 0.3) is 0 Å². The van der Waals surface area contributed by atoms with Crippen LogP contribution in [0.4, 0.5) is 0 Å². The summed E-state index contributed by atoms with van der Waals surface area (Å²) in [7, 11) is 0. The molecule has 6 heteroatoms. The number of likely N-dealkylation sites (N-methyl/N-ethyl adjacent to an activating group) is 1. The van der Waals surface area contributed by atoms with Crippen molar-refractivity contribution in [3.63, 3.8) is 0 Å². The van der Waals surface area contributed by atoms with Gasteiger partial charge in [0.05, 0.1) is 0 Å². The Morgan fingerprint density at radius 1 is 1.24 bits per heavy atom. The molecule has 0 radical (unpaired) electrons. The lowest BCUT2D eigenvalue weighted by Gasteiger charge is -2.37. The minimum Gasteiger partial charge on any atom is -0.480 e. The first kappa shape index (κ1) is 14.2. The molecule has 2 aliphatic rings. The van der Waals surface area contributed by atoms with Crippen molar-refractivity contribution in [3.8, 4) is 11.5 Å². The molecule has 1 atom stereocenters. The first-order valence-corrected chi connectivity index (χ1v) is 7.28. The standard InChI is InChI=1S/C15H20N2O4/c1-2-16-5-7-17(8-6-16)14(15(18)19)11-3-4-12-13(9-11)21-10-20-12/h3-4,9,14H,2,5-8,10H2,1H3,(H,18,19). The van der Waals surface area contributed by atoms with E-state index in [1.807, 2.05) is 11.0 Å². The van der Waals surface area contributed by atoms with E-state index in [-0.39, 0.29) is 6.79 Å². The maximum atomic E-state index is 11.7. The van der Waals surface area contributed by atoms with E-state index in [4.69, 9.17) is 9.47 Å². The van der Waals surface area contributed by atoms with E-state index in [2.05, 4.69) is 11.8 Å². The summed E-state index contributed by atoms with van der Waals surface area (Å²) >= 11 is 0. The number of fused-ring (bicyclic) bond motifs is 1. The van der Waals surface area contributed by atoms with Gasteiger partial charge in [-0.15, -0.1) is 0 Å². The van der Waals surface area contributed by atoms with Crippen LogP contribution in [0.15, 0.2) is 18.2 Å². The van der Waals surface area contributed by atoms with Crippen LogP contribution in [0.2, 0.25) is 0 Å². The number of nitrogens with zero attached hydrogens (tertiary/aromatic N) is 2. The van der Waals surface area contributed by atoms with E-state index in [1.54, 1.807) is 12.1 Å². The van der Waals surface area contributed by atoms with E-state index in [0.29, 0.717) is 11.5 Å². The third-order valence-electron chi connectivity index (χ3n) is 4.17. The molecule has 3 rings (SSSR count). The number of benzene rings is 1. The van der Waals surface area contributed by atoms with Crippen molar-refractivity contribution in [3.05, 3.63) is 23.8 Å². The molecule has 0 aliphatic carbocycles. The number of ether oxygens (including phenoxy) is 2. The lowest BCUT2D eigenvalue weighted by molar-refractivity contribution is -0.144. The quantitative estimate of drug-likeness (QED) is 0.899. The van der Waals surface area contributed by atoms with Crippen molar-refractivity contribution in [2.24, 2.45) is 0 Å². The van der Waals surface area contributed by atoms with Crippen molar-refractivity contribution < 1.29 is 19.4 Å². The number of hydrogen-bond donors (Lipinski definition) is 1.